The molecule has 66 valence electrons. The molecule has 0 atom stereocenters. The molecule has 1 aromatic heterocycles. The maximum Gasteiger partial charge on any atom is 0.250 e. The van der Waals surface area contributed by atoms with Crippen molar-refractivity contribution in [3.63, 3.8) is 0 Å². The summed E-state index contributed by atoms with van der Waals surface area (Å²) in [5.41, 5.74) is 12.6. The van der Waals surface area contributed by atoms with Gasteiger partial charge in [-0.05, 0) is 6.07 Å². The molecule has 4 nitrogen and oxygen atoms in total. The molecule has 0 fully saturated rings. The van der Waals surface area contributed by atoms with Gasteiger partial charge in [0, 0.05) is 11.6 Å². The van der Waals surface area contributed by atoms with Crippen LogP contribution < -0.4 is 11.5 Å². The molecule has 4 heteroatoms. The smallest absolute Gasteiger partial charge is 0.250 e. The van der Waals surface area contributed by atoms with Crippen molar-refractivity contribution >= 4 is 22.5 Å². The molecule has 13 heavy (non-hydrogen) atoms. The second-order valence-corrected chi connectivity index (χ2v) is 2.84. The fraction of sp³-hybridized carbons (Fsp3) is 0. The van der Waals surface area contributed by atoms with Gasteiger partial charge in [-0.15, -0.1) is 0 Å². The standard InChI is InChI=1S/C9H9N3O/c10-7-4-12-8-5(7)2-1-3-6(8)9(11)13/h1-4,12H,10H2,(H2,11,13). The molecule has 5 N–H and O–H groups in total. The number of nitrogens with two attached hydrogens (primary N) is 2. The number of anilines is 1. The van der Waals surface area contributed by atoms with Gasteiger partial charge >= 0.3 is 0 Å². The van der Waals surface area contributed by atoms with E-state index in [1.54, 1.807) is 18.3 Å². The number of hydrogen-bond donors (Lipinski definition) is 3. The Morgan fingerprint density at radius 1 is 1.38 bits per heavy atom. The fourth-order valence-corrected chi connectivity index (χ4v) is 1.38. The number of nitrogens with one attached hydrogen (secondary N) is 1. The molecule has 0 unspecified atom stereocenters. The molecule has 0 aliphatic heterocycles. The Labute approximate surface area is 74.5 Å². The van der Waals surface area contributed by atoms with Gasteiger partial charge in [0.2, 0.25) is 0 Å². The lowest BCUT2D eigenvalue weighted by atomic mass is 10.1. The van der Waals surface area contributed by atoms with Crippen molar-refractivity contribution in [3.8, 4) is 0 Å². The predicted octanol–water partition coefficient (Wildman–Crippen LogP) is 0.849. The van der Waals surface area contributed by atoms with Crippen LogP contribution in [-0.4, -0.2) is 10.9 Å². The summed E-state index contributed by atoms with van der Waals surface area (Å²) in [4.78, 5) is 13.9. The van der Waals surface area contributed by atoms with Crippen molar-refractivity contribution < 1.29 is 4.79 Å². The van der Waals surface area contributed by atoms with Gasteiger partial charge in [-0.3, -0.25) is 4.79 Å². The summed E-state index contributed by atoms with van der Waals surface area (Å²) in [5.74, 6) is -0.451. The topological polar surface area (TPSA) is 84.9 Å². The first-order valence-electron chi connectivity index (χ1n) is 3.85. The Hall–Kier alpha value is -1.97. The zero-order valence-electron chi connectivity index (χ0n) is 6.87. The Kier molecular flexibility index (Phi) is 1.48. The summed E-state index contributed by atoms with van der Waals surface area (Å²) < 4.78 is 0. The number of benzene rings is 1. The van der Waals surface area contributed by atoms with Gasteiger partial charge < -0.3 is 16.5 Å². The number of rotatable bonds is 1. The minimum atomic E-state index is -0.451. The van der Waals surface area contributed by atoms with Crippen molar-refractivity contribution in [2.75, 3.05) is 5.73 Å². The second-order valence-electron chi connectivity index (χ2n) is 2.84. The maximum atomic E-state index is 11.0. The van der Waals surface area contributed by atoms with Gasteiger partial charge in [0.1, 0.15) is 0 Å². The van der Waals surface area contributed by atoms with Crippen LogP contribution in [0.2, 0.25) is 0 Å². The quantitative estimate of drug-likeness (QED) is 0.600. The molecule has 2 rings (SSSR count). The lowest BCUT2D eigenvalue weighted by molar-refractivity contribution is 0.100. The van der Waals surface area contributed by atoms with Gasteiger partial charge in [-0.2, -0.15) is 0 Å². The van der Waals surface area contributed by atoms with Crippen LogP contribution in [0.1, 0.15) is 10.4 Å². The number of nitrogen functional groups attached to an aromatic ring is 1. The normalized spacial score (nSPS) is 10.5. The van der Waals surface area contributed by atoms with Crippen LogP contribution in [0.5, 0.6) is 0 Å². The lowest BCUT2D eigenvalue weighted by Crippen LogP contribution is -2.11. The molecule has 0 bridgehead atoms. The van der Waals surface area contributed by atoms with Crippen molar-refractivity contribution in [3.05, 3.63) is 30.0 Å². The molecule has 1 amide bonds. The molecule has 0 aliphatic rings. The van der Waals surface area contributed by atoms with Crippen molar-refractivity contribution in [1.82, 2.24) is 4.98 Å². The Bertz CT molecular complexity index is 473. The van der Waals surface area contributed by atoms with Gasteiger partial charge in [-0.25, -0.2) is 0 Å². The van der Waals surface area contributed by atoms with E-state index in [1.165, 1.54) is 0 Å². The highest BCUT2D eigenvalue weighted by atomic mass is 16.1. The van der Waals surface area contributed by atoms with E-state index in [0.29, 0.717) is 16.8 Å². The van der Waals surface area contributed by atoms with E-state index >= 15 is 0 Å². The first-order chi connectivity index (χ1) is 6.20. The van der Waals surface area contributed by atoms with Gasteiger partial charge in [0.25, 0.3) is 5.91 Å². The molecule has 0 saturated carbocycles. The summed E-state index contributed by atoms with van der Waals surface area (Å²) >= 11 is 0. The van der Waals surface area contributed by atoms with Crippen LogP contribution >= 0.6 is 0 Å². The highest BCUT2D eigenvalue weighted by Crippen LogP contribution is 2.22. The third-order valence-electron chi connectivity index (χ3n) is 2.01. The van der Waals surface area contributed by atoms with Crippen LogP contribution in [0, 0.1) is 0 Å². The van der Waals surface area contributed by atoms with Gasteiger partial charge in [0.05, 0.1) is 16.8 Å². The molecule has 1 aromatic carbocycles. The minimum absolute atomic E-state index is 0.451. The zero-order valence-corrected chi connectivity index (χ0v) is 6.87. The van der Waals surface area contributed by atoms with E-state index in [4.69, 9.17) is 11.5 Å². The Morgan fingerprint density at radius 2 is 2.15 bits per heavy atom. The number of aromatic amines is 1. The van der Waals surface area contributed by atoms with Crippen LogP contribution in [0.3, 0.4) is 0 Å². The molecule has 0 radical (unpaired) electrons. The number of carbonyl (C=O) groups is 1. The average molecular weight is 175 g/mol. The number of amides is 1. The average Bonchev–Trinajstić information content (AvgIpc) is 2.48. The van der Waals surface area contributed by atoms with Crippen LogP contribution in [-0.2, 0) is 0 Å². The predicted molar refractivity (Wildman–Crippen MR) is 51.2 cm³/mol. The third-order valence-corrected chi connectivity index (χ3v) is 2.01. The summed E-state index contributed by atoms with van der Waals surface area (Å²) in [6, 6.07) is 5.26. The van der Waals surface area contributed by atoms with Gasteiger partial charge in [0.15, 0.2) is 0 Å². The first-order valence-corrected chi connectivity index (χ1v) is 3.85. The molecule has 0 saturated heterocycles. The highest BCUT2D eigenvalue weighted by Gasteiger charge is 2.08. The van der Waals surface area contributed by atoms with E-state index in [2.05, 4.69) is 4.98 Å². The Morgan fingerprint density at radius 3 is 2.85 bits per heavy atom. The minimum Gasteiger partial charge on any atom is -0.397 e. The summed E-state index contributed by atoms with van der Waals surface area (Å²) in [7, 11) is 0. The molecule has 1 heterocycles. The monoisotopic (exact) mass is 175 g/mol. The number of hydrogen-bond acceptors (Lipinski definition) is 2. The summed E-state index contributed by atoms with van der Waals surface area (Å²) in [6.07, 6.45) is 1.65. The number of fused-ring (bicyclic) bond motifs is 1. The number of para-hydroxylation sites is 1. The highest BCUT2D eigenvalue weighted by molar-refractivity contribution is 6.07. The molecular formula is C9H9N3O. The number of carbonyl (C=O) groups excluding carboxylic acids is 1. The lowest BCUT2D eigenvalue weighted by Gasteiger charge is -1.97. The van der Waals surface area contributed by atoms with Crippen LogP contribution in [0.4, 0.5) is 5.69 Å². The number of H-pyrrole nitrogens is 1. The largest absolute Gasteiger partial charge is 0.397 e. The SMILES string of the molecule is NC(=O)c1cccc2c(N)c[nH]c12. The fourth-order valence-electron chi connectivity index (χ4n) is 1.38. The third kappa shape index (κ3) is 1.03. The number of aromatic nitrogens is 1. The van der Waals surface area contributed by atoms with E-state index < -0.39 is 5.91 Å². The molecule has 0 spiro atoms. The first kappa shape index (κ1) is 7.67. The maximum absolute atomic E-state index is 11.0. The van der Waals surface area contributed by atoms with Gasteiger partial charge in [-0.1, -0.05) is 12.1 Å². The summed E-state index contributed by atoms with van der Waals surface area (Å²) in [6.45, 7) is 0. The van der Waals surface area contributed by atoms with E-state index in [0.717, 1.165) is 5.39 Å². The number of primary amides is 1. The second kappa shape index (κ2) is 2.52. The molecule has 0 aliphatic carbocycles. The molecule has 2 aromatic rings. The van der Waals surface area contributed by atoms with E-state index in [9.17, 15) is 4.79 Å². The van der Waals surface area contributed by atoms with Crippen molar-refractivity contribution in [1.29, 1.82) is 0 Å². The van der Waals surface area contributed by atoms with Crippen molar-refractivity contribution in [2.24, 2.45) is 5.73 Å². The van der Waals surface area contributed by atoms with E-state index in [1.807, 2.05) is 6.07 Å². The van der Waals surface area contributed by atoms with Crippen LogP contribution in [0.25, 0.3) is 10.9 Å². The molecular weight excluding hydrogens is 166 g/mol. The Balaban J connectivity index is 2.84. The zero-order chi connectivity index (χ0) is 9.42. The summed E-state index contributed by atoms with van der Waals surface area (Å²) in [5, 5.41) is 0.830. The van der Waals surface area contributed by atoms with E-state index in [-0.39, 0.29) is 0 Å². The van der Waals surface area contributed by atoms with Crippen LogP contribution in [0.15, 0.2) is 24.4 Å². The van der Waals surface area contributed by atoms with Crippen molar-refractivity contribution in [2.45, 2.75) is 0 Å².